The summed E-state index contributed by atoms with van der Waals surface area (Å²) < 4.78 is 7.29. The average Bonchev–Trinajstić information content (AvgIpc) is 2.92. The molecule has 7 heteroatoms. The summed E-state index contributed by atoms with van der Waals surface area (Å²) in [5.41, 5.74) is 0.989. The van der Waals surface area contributed by atoms with Crippen molar-refractivity contribution in [3.05, 3.63) is 35.1 Å². The van der Waals surface area contributed by atoms with Gasteiger partial charge < -0.3 is 15.0 Å². The third-order valence-electron chi connectivity index (χ3n) is 3.72. The van der Waals surface area contributed by atoms with Crippen molar-refractivity contribution in [3.63, 3.8) is 0 Å². The first kappa shape index (κ1) is 15.3. The standard InChI is InChI=1S/C15H20ClN5O/c1-11-9-20(8-7-17-11)15-19-18-14(10-22-2)21(15)13-5-3-12(16)4-6-13/h3-6,11,17H,7-10H2,1-2H3. The summed E-state index contributed by atoms with van der Waals surface area (Å²) in [6.07, 6.45) is 0. The van der Waals surface area contributed by atoms with Gasteiger partial charge >= 0.3 is 0 Å². The lowest BCUT2D eigenvalue weighted by atomic mass is 10.2. The Balaban J connectivity index is 2.01. The van der Waals surface area contributed by atoms with Crippen LogP contribution in [0.15, 0.2) is 24.3 Å². The largest absolute Gasteiger partial charge is 0.377 e. The van der Waals surface area contributed by atoms with Crippen molar-refractivity contribution >= 4 is 17.5 Å². The Labute approximate surface area is 135 Å². The molecule has 0 saturated carbocycles. The van der Waals surface area contributed by atoms with E-state index in [0.29, 0.717) is 17.7 Å². The Morgan fingerprint density at radius 2 is 2.09 bits per heavy atom. The number of ether oxygens (including phenoxy) is 1. The Morgan fingerprint density at radius 3 is 2.77 bits per heavy atom. The fourth-order valence-corrected chi connectivity index (χ4v) is 2.83. The van der Waals surface area contributed by atoms with Crippen molar-refractivity contribution in [1.82, 2.24) is 20.1 Å². The average molecular weight is 322 g/mol. The summed E-state index contributed by atoms with van der Waals surface area (Å²) in [7, 11) is 1.66. The number of rotatable bonds is 4. The monoisotopic (exact) mass is 321 g/mol. The highest BCUT2D eigenvalue weighted by Gasteiger charge is 2.23. The van der Waals surface area contributed by atoms with Gasteiger partial charge in [0.25, 0.3) is 0 Å². The molecule has 1 aromatic carbocycles. The van der Waals surface area contributed by atoms with E-state index in [1.54, 1.807) is 7.11 Å². The van der Waals surface area contributed by atoms with Crippen molar-refractivity contribution in [2.75, 3.05) is 31.6 Å². The third kappa shape index (κ3) is 3.09. The molecule has 1 aromatic heterocycles. The number of halogens is 1. The molecular weight excluding hydrogens is 302 g/mol. The minimum absolute atomic E-state index is 0.414. The van der Waals surface area contributed by atoms with Gasteiger partial charge in [-0.25, -0.2) is 0 Å². The molecule has 2 aromatic rings. The van der Waals surface area contributed by atoms with E-state index in [1.165, 1.54) is 0 Å². The molecule has 1 N–H and O–H groups in total. The number of anilines is 1. The molecule has 0 spiro atoms. The summed E-state index contributed by atoms with van der Waals surface area (Å²) in [6, 6.07) is 8.12. The second-order valence-electron chi connectivity index (χ2n) is 5.46. The van der Waals surface area contributed by atoms with Gasteiger partial charge in [-0.2, -0.15) is 0 Å². The van der Waals surface area contributed by atoms with Crippen LogP contribution in [0.4, 0.5) is 5.95 Å². The highest BCUT2D eigenvalue weighted by molar-refractivity contribution is 6.30. The van der Waals surface area contributed by atoms with E-state index in [2.05, 4.69) is 27.3 Å². The first-order valence-corrected chi connectivity index (χ1v) is 7.74. The quantitative estimate of drug-likeness (QED) is 0.931. The highest BCUT2D eigenvalue weighted by Crippen LogP contribution is 2.23. The van der Waals surface area contributed by atoms with Gasteiger partial charge in [-0.05, 0) is 31.2 Å². The van der Waals surface area contributed by atoms with E-state index in [1.807, 2.05) is 28.8 Å². The van der Waals surface area contributed by atoms with Gasteiger partial charge in [0.1, 0.15) is 6.61 Å². The van der Waals surface area contributed by atoms with E-state index in [-0.39, 0.29) is 0 Å². The Morgan fingerprint density at radius 1 is 1.32 bits per heavy atom. The Hall–Kier alpha value is -1.63. The lowest BCUT2D eigenvalue weighted by Crippen LogP contribution is -2.50. The van der Waals surface area contributed by atoms with Crippen molar-refractivity contribution < 1.29 is 4.74 Å². The maximum atomic E-state index is 6.00. The topological polar surface area (TPSA) is 55.2 Å². The first-order chi connectivity index (χ1) is 10.7. The van der Waals surface area contributed by atoms with Crippen molar-refractivity contribution in [3.8, 4) is 5.69 Å². The summed E-state index contributed by atoms with van der Waals surface area (Å²) in [6.45, 7) is 5.33. The second kappa shape index (κ2) is 6.64. The van der Waals surface area contributed by atoms with Gasteiger partial charge in [0.15, 0.2) is 5.82 Å². The number of benzene rings is 1. The smallest absolute Gasteiger partial charge is 0.232 e. The lowest BCUT2D eigenvalue weighted by Gasteiger charge is -2.32. The Kier molecular flexibility index (Phi) is 4.61. The fourth-order valence-electron chi connectivity index (χ4n) is 2.70. The Bertz CT molecular complexity index is 627. The second-order valence-corrected chi connectivity index (χ2v) is 5.90. The van der Waals surface area contributed by atoms with Gasteiger partial charge in [0.2, 0.25) is 5.95 Å². The number of methoxy groups -OCH3 is 1. The van der Waals surface area contributed by atoms with Gasteiger partial charge in [-0.3, -0.25) is 4.57 Å². The summed E-state index contributed by atoms with van der Waals surface area (Å²) in [5, 5.41) is 12.8. The summed E-state index contributed by atoms with van der Waals surface area (Å²) in [5.74, 6) is 1.63. The molecule has 1 unspecified atom stereocenters. The molecule has 1 saturated heterocycles. The SMILES string of the molecule is COCc1nnc(N2CCNC(C)C2)n1-c1ccc(Cl)cc1. The predicted molar refractivity (Wildman–Crippen MR) is 86.8 cm³/mol. The van der Waals surface area contributed by atoms with Gasteiger partial charge in [-0.15, -0.1) is 10.2 Å². The number of nitrogens with zero attached hydrogens (tertiary/aromatic N) is 4. The molecule has 22 heavy (non-hydrogen) atoms. The highest BCUT2D eigenvalue weighted by atomic mass is 35.5. The minimum atomic E-state index is 0.414. The fraction of sp³-hybridized carbons (Fsp3) is 0.467. The summed E-state index contributed by atoms with van der Waals surface area (Å²) in [4.78, 5) is 2.25. The van der Waals surface area contributed by atoms with E-state index < -0.39 is 0 Å². The third-order valence-corrected chi connectivity index (χ3v) is 3.97. The van der Waals surface area contributed by atoms with E-state index >= 15 is 0 Å². The minimum Gasteiger partial charge on any atom is -0.377 e. The molecule has 1 atom stereocenters. The lowest BCUT2D eigenvalue weighted by molar-refractivity contribution is 0.176. The number of piperazine rings is 1. The zero-order valence-corrected chi connectivity index (χ0v) is 13.5. The molecule has 0 bridgehead atoms. The molecule has 1 fully saturated rings. The molecule has 0 radical (unpaired) electrons. The molecule has 3 rings (SSSR count). The van der Waals surface area contributed by atoms with Crippen LogP contribution in [-0.4, -0.2) is 47.6 Å². The zero-order chi connectivity index (χ0) is 15.5. The van der Waals surface area contributed by atoms with Crippen molar-refractivity contribution in [2.45, 2.75) is 19.6 Å². The maximum Gasteiger partial charge on any atom is 0.232 e. The number of hydrogen-bond donors (Lipinski definition) is 1. The van der Waals surface area contributed by atoms with Gasteiger partial charge in [-0.1, -0.05) is 11.6 Å². The van der Waals surface area contributed by atoms with Crippen LogP contribution in [0.3, 0.4) is 0 Å². The van der Waals surface area contributed by atoms with Crippen LogP contribution in [0.5, 0.6) is 0 Å². The molecule has 1 aliphatic rings. The summed E-state index contributed by atoms with van der Waals surface area (Å²) >= 11 is 6.00. The van der Waals surface area contributed by atoms with E-state index in [9.17, 15) is 0 Å². The van der Waals surface area contributed by atoms with E-state index in [4.69, 9.17) is 16.3 Å². The molecular formula is C15H20ClN5O. The molecule has 118 valence electrons. The van der Waals surface area contributed by atoms with Gasteiger partial charge in [0.05, 0.1) is 5.69 Å². The predicted octanol–water partition coefficient (Wildman–Crippen LogP) is 1.87. The van der Waals surface area contributed by atoms with Crippen LogP contribution < -0.4 is 10.2 Å². The van der Waals surface area contributed by atoms with Gasteiger partial charge in [0, 0.05) is 37.8 Å². The molecule has 1 aliphatic heterocycles. The van der Waals surface area contributed by atoms with Crippen LogP contribution in [0.1, 0.15) is 12.7 Å². The molecule has 0 amide bonds. The van der Waals surface area contributed by atoms with Crippen LogP contribution in [0.25, 0.3) is 5.69 Å². The van der Waals surface area contributed by atoms with Crippen molar-refractivity contribution in [1.29, 1.82) is 0 Å². The number of hydrogen-bond acceptors (Lipinski definition) is 5. The number of nitrogens with one attached hydrogen (secondary N) is 1. The maximum absolute atomic E-state index is 6.00. The van der Waals surface area contributed by atoms with E-state index in [0.717, 1.165) is 37.1 Å². The van der Waals surface area contributed by atoms with Crippen LogP contribution in [0, 0.1) is 0 Å². The molecule has 2 heterocycles. The number of aromatic nitrogens is 3. The van der Waals surface area contributed by atoms with Crippen LogP contribution >= 0.6 is 11.6 Å². The molecule has 0 aliphatic carbocycles. The van der Waals surface area contributed by atoms with Crippen molar-refractivity contribution in [2.24, 2.45) is 0 Å². The van der Waals surface area contributed by atoms with Crippen LogP contribution in [0.2, 0.25) is 5.02 Å². The van der Waals surface area contributed by atoms with Crippen LogP contribution in [-0.2, 0) is 11.3 Å². The molecule has 6 nitrogen and oxygen atoms in total. The normalized spacial score (nSPS) is 18.7. The zero-order valence-electron chi connectivity index (χ0n) is 12.8. The first-order valence-electron chi connectivity index (χ1n) is 7.36.